The molecule has 7 heteroatoms. The van der Waals surface area contributed by atoms with E-state index in [9.17, 15) is 14.0 Å². The Morgan fingerprint density at radius 2 is 2.40 bits per heavy atom. The van der Waals surface area contributed by atoms with E-state index in [1.165, 1.54) is 30.0 Å². The average Bonchev–Trinajstić information content (AvgIpc) is 2.77. The lowest BCUT2D eigenvalue weighted by Gasteiger charge is -2.13. The molecule has 1 amide bonds. The van der Waals surface area contributed by atoms with Crippen molar-refractivity contribution < 1.29 is 23.5 Å². The molecule has 1 aromatic carbocycles. The number of hydrogen-bond acceptors (Lipinski definition) is 5. The van der Waals surface area contributed by atoms with Gasteiger partial charge in [-0.1, -0.05) is 6.07 Å². The molecular weight excluding hydrogens is 267 g/mol. The zero-order valence-electron chi connectivity index (χ0n) is 10.9. The van der Waals surface area contributed by atoms with Crippen molar-refractivity contribution in [2.24, 2.45) is 5.73 Å². The van der Waals surface area contributed by atoms with Gasteiger partial charge in [0.15, 0.2) is 6.10 Å². The summed E-state index contributed by atoms with van der Waals surface area (Å²) in [6, 6.07) is 4.89. The molecule has 0 saturated carbocycles. The molecule has 1 saturated heterocycles. The zero-order valence-corrected chi connectivity index (χ0v) is 10.9. The first kappa shape index (κ1) is 14.3. The van der Waals surface area contributed by atoms with Gasteiger partial charge in [-0.15, -0.1) is 0 Å². The molecule has 0 aromatic heterocycles. The summed E-state index contributed by atoms with van der Waals surface area (Å²) >= 11 is 0. The molecule has 0 bridgehead atoms. The average molecular weight is 282 g/mol. The van der Waals surface area contributed by atoms with Crippen LogP contribution in [0.1, 0.15) is 6.92 Å². The highest BCUT2D eigenvalue weighted by Gasteiger charge is 2.33. The quantitative estimate of drug-likeness (QED) is 0.834. The van der Waals surface area contributed by atoms with Crippen LogP contribution in [0.2, 0.25) is 0 Å². The van der Waals surface area contributed by atoms with Crippen LogP contribution in [0.5, 0.6) is 0 Å². The Bertz CT molecular complexity index is 521. The van der Waals surface area contributed by atoms with Gasteiger partial charge in [0.25, 0.3) is 0 Å². The van der Waals surface area contributed by atoms with Gasteiger partial charge in [0.05, 0.1) is 12.2 Å². The third kappa shape index (κ3) is 3.24. The number of nitrogens with two attached hydrogens (primary N) is 1. The summed E-state index contributed by atoms with van der Waals surface area (Å²) in [5.41, 5.74) is 5.75. The van der Waals surface area contributed by atoms with Crippen molar-refractivity contribution in [2.75, 3.05) is 18.1 Å². The summed E-state index contributed by atoms with van der Waals surface area (Å²) in [6.07, 6.45) is -1.19. The minimum absolute atomic E-state index is 0.0715. The predicted molar refractivity (Wildman–Crippen MR) is 68.6 cm³/mol. The van der Waals surface area contributed by atoms with Gasteiger partial charge in [-0.3, -0.25) is 9.69 Å². The van der Waals surface area contributed by atoms with E-state index in [1.807, 2.05) is 0 Å². The first-order valence-corrected chi connectivity index (χ1v) is 6.13. The standard InChI is InChI=1S/C13H15FN2O4/c1-8(15)12(17)19-7-11-6-16(13(18)20-11)10-4-2-3-9(14)5-10/h2-5,8,11H,6-7,15H2,1H3/t8-,11+/m0/s1. The van der Waals surface area contributed by atoms with Crippen molar-refractivity contribution in [3.05, 3.63) is 30.1 Å². The van der Waals surface area contributed by atoms with Gasteiger partial charge in [-0.2, -0.15) is 0 Å². The summed E-state index contributed by atoms with van der Waals surface area (Å²) in [7, 11) is 0. The van der Waals surface area contributed by atoms with Crippen LogP contribution in [0.15, 0.2) is 24.3 Å². The maximum atomic E-state index is 13.1. The molecule has 1 aliphatic heterocycles. The van der Waals surface area contributed by atoms with Crippen molar-refractivity contribution in [3.63, 3.8) is 0 Å². The molecule has 2 rings (SSSR count). The molecular formula is C13H15FN2O4. The molecule has 0 spiro atoms. The maximum Gasteiger partial charge on any atom is 0.414 e. The second kappa shape index (κ2) is 5.87. The van der Waals surface area contributed by atoms with Gasteiger partial charge in [-0.25, -0.2) is 9.18 Å². The van der Waals surface area contributed by atoms with E-state index in [-0.39, 0.29) is 13.2 Å². The molecule has 1 aliphatic rings. The Balaban J connectivity index is 1.95. The second-order valence-corrected chi connectivity index (χ2v) is 4.51. The number of benzene rings is 1. The molecule has 0 unspecified atom stereocenters. The van der Waals surface area contributed by atoms with E-state index in [0.717, 1.165) is 0 Å². The number of anilines is 1. The number of carbonyl (C=O) groups is 2. The van der Waals surface area contributed by atoms with E-state index >= 15 is 0 Å². The first-order chi connectivity index (χ1) is 9.47. The predicted octanol–water partition coefficient (Wildman–Crippen LogP) is 1.04. The molecule has 0 aliphatic carbocycles. The van der Waals surface area contributed by atoms with Crippen molar-refractivity contribution in [1.29, 1.82) is 0 Å². The number of carbonyl (C=O) groups excluding carboxylic acids is 2. The monoisotopic (exact) mass is 282 g/mol. The van der Waals surface area contributed by atoms with E-state index in [4.69, 9.17) is 15.2 Å². The Morgan fingerprint density at radius 3 is 3.05 bits per heavy atom. The van der Waals surface area contributed by atoms with Crippen molar-refractivity contribution in [3.8, 4) is 0 Å². The lowest BCUT2D eigenvalue weighted by Crippen LogP contribution is -2.32. The van der Waals surface area contributed by atoms with Gasteiger partial charge in [-0.05, 0) is 25.1 Å². The molecule has 6 nitrogen and oxygen atoms in total. The highest BCUT2D eigenvalue weighted by Crippen LogP contribution is 2.22. The first-order valence-electron chi connectivity index (χ1n) is 6.13. The maximum absolute atomic E-state index is 13.1. The fraction of sp³-hybridized carbons (Fsp3) is 0.385. The van der Waals surface area contributed by atoms with Gasteiger partial charge >= 0.3 is 12.1 Å². The highest BCUT2D eigenvalue weighted by atomic mass is 19.1. The molecule has 1 heterocycles. The van der Waals surface area contributed by atoms with Crippen LogP contribution in [0.3, 0.4) is 0 Å². The normalized spacial score (nSPS) is 19.6. The number of hydrogen-bond donors (Lipinski definition) is 1. The van der Waals surface area contributed by atoms with Gasteiger partial charge in [0.2, 0.25) is 0 Å². The molecule has 1 fully saturated rings. The van der Waals surface area contributed by atoms with Crippen LogP contribution >= 0.6 is 0 Å². The number of halogens is 1. The lowest BCUT2D eigenvalue weighted by atomic mass is 10.2. The molecule has 0 radical (unpaired) electrons. The Morgan fingerprint density at radius 1 is 1.65 bits per heavy atom. The van der Waals surface area contributed by atoms with Gasteiger partial charge < -0.3 is 15.2 Å². The number of rotatable bonds is 4. The van der Waals surface area contributed by atoms with Crippen LogP contribution in [0.4, 0.5) is 14.9 Å². The third-order valence-electron chi connectivity index (χ3n) is 2.78. The molecule has 108 valence electrons. The van der Waals surface area contributed by atoms with Crippen LogP contribution < -0.4 is 10.6 Å². The number of amides is 1. The molecule has 2 N–H and O–H groups in total. The van der Waals surface area contributed by atoms with Crippen molar-refractivity contribution in [2.45, 2.75) is 19.1 Å². The topological polar surface area (TPSA) is 81.9 Å². The fourth-order valence-corrected chi connectivity index (χ4v) is 1.77. The van der Waals surface area contributed by atoms with E-state index < -0.39 is 30.0 Å². The van der Waals surface area contributed by atoms with E-state index in [2.05, 4.69) is 0 Å². The summed E-state index contributed by atoms with van der Waals surface area (Å²) in [5.74, 6) is -1.01. The lowest BCUT2D eigenvalue weighted by molar-refractivity contribution is -0.147. The van der Waals surface area contributed by atoms with Crippen LogP contribution in [0, 0.1) is 5.82 Å². The van der Waals surface area contributed by atoms with Crippen LogP contribution in [-0.4, -0.2) is 37.4 Å². The van der Waals surface area contributed by atoms with E-state index in [0.29, 0.717) is 5.69 Å². The summed E-state index contributed by atoms with van der Waals surface area (Å²) in [4.78, 5) is 24.2. The number of ether oxygens (including phenoxy) is 2. The molecule has 20 heavy (non-hydrogen) atoms. The Labute approximate surface area is 115 Å². The SMILES string of the molecule is C[C@H](N)C(=O)OC[C@H]1CN(c2cccc(F)c2)C(=O)O1. The zero-order chi connectivity index (χ0) is 14.7. The Hall–Kier alpha value is -2.15. The Kier molecular flexibility index (Phi) is 4.19. The smallest absolute Gasteiger partial charge is 0.414 e. The number of nitrogens with zero attached hydrogens (tertiary/aromatic N) is 1. The van der Waals surface area contributed by atoms with Crippen molar-refractivity contribution >= 4 is 17.7 Å². The molecule has 1 aromatic rings. The third-order valence-corrected chi connectivity index (χ3v) is 2.78. The number of cyclic esters (lactones) is 1. The number of esters is 1. The van der Waals surface area contributed by atoms with Crippen LogP contribution in [0.25, 0.3) is 0 Å². The summed E-state index contributed by atoms with van der Waals surface area (Å²) < 4.78 is 23.1. The highest BCUT2D eigenvalue weighted by molar-refractivity contribution is 5.89. The van der Waals surface area contributed by atoms with Crippen molar-refractivity contribution in [1.82, 2.24) is 0 Å². The van der Waals surface area contributed by atoms with Crippen LogP contribution in [-0.2, 0) is 14.3 Å². The van der Waals surface area contributed by atoms with Gasteiger partial charge in [0.1, 0.15) is 18.5 Å². The summed E-state index contributed by atoms with van der Waals surface area (Å²) in [5, 5.41) is 0. The molecule has 2 atom stereocenters. The summed E-state index contributed by atoms with van der Waals surface area (Å²) in [6.45, 7) is 1.62. The van der Waals surface area contributed by atoms with Gasteiger partial charge in [0, 0.05) is 0 Å². The minimum Gasteiger partial charge on any atom is -0.461 e. The fourth-order valence-electron chi connectivity index (χ4n) is 1.77. The largest absolute Gasteiger partial charge is 0.461 e. The van der Waals surface area contributed by atoms with E-state index in [1.54, 1.807) is 6.07 Å². The second-order valence-electron chi connectivity index (χ2n) is 4.51. The minimum atomic E-state index is -0.730.